The number of hydrogen-bond acceptors (Lipinski definition) is 5. The highest BCUT2D eigenvalue weighted by molar-refractivity contribution is 5.86. The van der Waals surface area contributed by atoms with Crippen LogP contribution in [0.5, 0.6) is 5.75 Å². The molecule has 1 saturated heterocycles. The summed E-state index contributed by atoms with van der Waals surface area (Å²) in [5.74, 6) is 0.895. The molecule has 3 aromatic rings. The molecule has 6 heteroatoms. The lowest BCUT2D eigenvalue weighted by Crippen LogP contribution is -2.54. The average Bonchev–Trinajstić information content (AvgIpc) is 2.88. The van der Waals surface area contributed by atoms with Gasteiger partial charge in [0.1, 0.15) is 17.9 Å². The van der Waals surface area contributed by atoms with Gasteiger partial charge in [0.25, 0.3) is 0 Å². The first-order chi connectivity index (χ1) is 17.7. The van der Waals surface area contributed by atoms with Crippen molar-refractivity contribution in [1.82, 2.24) is 4.90 Å². The van der Waals surface area contributed by atoms with Gasteiger partial charge >= 0.3 is 5.63 Å². The van der Waals surface area contributed by atoms with Gasteiger partial charge in [0.2, 0.25) is 5.91 Å². The van der Waals surface area contributed by atoms with E-state index in [2.05, 4.69) is 19.1 Å². The minimum absolute atomic E-state index is 0.0441. The van der Waals surface area contributed by atoms with Crippen molar-refractivity contribution in [2.75, 3.05) is 13.1 Å². The zero-order valence-electron chi connectivity index (χ0n) is 22.1. The van der Waals surface area contributed by atoms with Crippen LogP contribution in [0.1, 0.15) is 66.3 Å². The van der Waals surface area contributed by atoms with E-state index < -0.39 is 11.2 Å². The number of fused-ring (bicyclic) bond motifs is 2. The van der Waals surface area contributed by atoms with Gasteiger partial charge in [0, 0.05) is 41.9 Å². The van der Waals surface area contributed by atoms with Crippen molar-refractivity contribution >= 4 is 16.9 Å². The van der Waals surface area contributed by atoms with Crippen LogP contribution in [0.4, 0.5) is 0 Å². The fourth-order valence-corrected chi connectivity index (χ4v) is 6.17. The van der Waals surface area contributed by atoms with Crippen LogP contribution >= 0.6 is 0 Å². The van der Waals surface area contributed by atoms with Crippen molar-refractivity contribution in [2.45, 2.75) is 77.9 Å². The molecule has 1 saturated carbocycles. The maximum absolute atomic E-state index is 13.0. The molecule has 2 fully saturated rings. The van der Waals surface area contributed by atoms with Crippen LogP contribution in [0.15, 0.2) is 45.6 Å². The first-order valence-corrected chi connectivity index (χ1v) is 13.5. The van der Waals surface area contributed by atoms with Crippen LogP contribution in [-0.2, 0) is 17.8 Å². The molecule has 1 aliphatic carbocycles. The zero-order valence-corrected chi connectivity index (χ0v) is 22.1. The lowest BCUT2D eigenvalue weighted by atomic mass is 9.71. The number of likely N-dealkylation sites (tertiary alicyclic amines) is 1. The minimum atomic E-state index is -0.606. The van der Waals surface area contributed by atoms with E-state index in [1.54, 1.807) is 0 Å². The van der Waals surface area contributed by atoms with E-state index in [0.717, 1.165) is 47.8 Å². The van der Waals surface area contributed by atoms with E-state index in [1.165, 1.54) is 5.56 Å². The van der Waals surface area contributed by atoms with Gasteiger partial charge in [0.15, 0.2) is 0 Å². The van der Waals surface area contributed by atoms with Crippen molar-refractivity contribution in [3.8, 4) is 5.75 Å². The Morgan fingerprint density at radius 1 is 1.14 bits per heavy atom. The van der Waals surface area contributed by atoms with Gasteiger partial charge in [-0.3, -0.25) is 4.79 Å². The molecule has 2 aliphatic rings. The predicted octanol–water partition coefficient (Wildman–Crippen LogP) is 5.38. The number of carbonyl (C=O) groups excluding carboxylic acids is 1. The topological polar surface area (TPSA) is 80.0 Å². The molecule has 1 N–H and O–H groups in total. The fraction of sp³-hybridized carbons (Fsp3) is 0.484. The molecule has 1 aliphatic heterocycles. The Morgan fingerprint density at radius 2 is 1.97 bits per heavy atom. The zero-order chi connectivity index (χ0) is 26.2. The van der Waals surface area contributed by atoms with Gasteiger partial charge in [-0.1, -0.05) is 42.7 Å². The number of aliphatic hydroxyl groups is 1. The quantitative estimate of drug-likeness (QED) is 0.457. The molecule has 1 aromatic heterocycles. The third-order valence-corrected chi connectivity index (χ3v) is 8.50. The molecule has 1 amide bonds. The summed E-state index contributed by atoms with van der Waals surface area (Å²) in [4.78, 5) is 27.9. The summed E-state index contributed by atoms with van der Waals surface area (Å²) < 4.78 is 11.8. The Labute approximate surface area is 218 Å². The molecular formula is C31H37NO5. The number of carbonyl (C=O) groups is 1. The van der Waals surface area contributed by atoms with Crippen LogP contribution in [0.25, 0.3) is 11.0 Å². The van der Waals surface area contributed by atoms with Crippen LogP contribution in [0, 0.1) is 26.7 Å². The third kappa shape index (κ3) is 5.17. The monoisotopic (exact) mass is 503 g/mol. The summed E-state index contributed by atoms with van der Waals surface area (Å²) in [5.41, 5.74) is 4.00. The molecule has 0 spiro atoms. The molecule has 5 rings (SSSR count). The number of hydrogen-bond donors (Lipinski definition) is 1. The number of amides is 1. The van der Waals surface area contributed by atoms with Crippen molar-refractivity contribution < 1.29 is 19.1 Å². The van der Waals surface area contributed by atoms with Gasteiger partial charge < -0.3 is 19.2 Å². The number of aryl methyl sites for hydroxylation is 3. The molecular weight excluding hydrogens is 466 g/mol. The summed E-state index contributed by atoms with van der Waals surface area (Å²) in [6, 6.07) is 12.0. The number of ether oxygens (including phenoxy) is 1. The van der Waals surface area contributed by atoms with E-state index in [-0.39, 0.29) is 18.2 Å². The van der Waals surface area contributed by atoms with Crippen LogP contribution in [0.2, 0.25) is 0 Å². The molecule has 37 heavy (non-hydrogen) atoms. The van der Waals surface area contributed by atoms with Gasteiger partial charge in [-0.2, -0.15) is 0 Å². The lowest BCUT2D eigenvalue weighted by Gasteiger charge is -2.47. The highest BCUT2D eigenvalue weighted by Gasteiger charge is 2.43. The third-order valence-electron chi connectivity index (χ3n) is 8.50. The van der Waals surface area contributed by atoms with Crippen LogP contribution in [0.3, 0.4) is 0 Å². The SMILES string of the molecule is Cc1cccc(COc2ccc3c(C)c(CCC(=O)N4CC[C@]5(O)CCCC[C@H]5C4)c(=O)oc3c2C)c1. The second-order valence-corrected chi connectivity index (χ2v) is 11.0. The Balaban J connectivity index is 1.29. The summed E-state index contributed by atoms with van der Waals surface area (Å²) in [7, 11) is 0. The normalized spacial score (nSPS) is 21.6. The smallest absolute Gasteiger partial charge is 0.339 e. The summed E-state index contributed by atoms with van der Waals surface area (Å²) in [6.45, 7) is 7.52. The lowest BCUT2D eigenvalue weighted by molar-refractivity contribution is -0.143. The minimum Gasteiger partial charge on any atom is -0.488 e. The molecule has 2 atom stereocenters. The highest BCUT2D eigenvalue weighted by atomic mass is 16.5. The van der Waals surface area contributed by atoms with Crippen molar-refractivity contribution in [2.24, 2.45) is 5.92 Å². The first-order valence-electron chi connectivity index (χ1n) is 13.5. The van der Waals surface area contributed by atoms with Gasteiger partial charge in [-0.05, 0) is 69.7 Å². The molecule has 2 aromatic carbocycles. The van der Waals surface area contributed by atoms with E-state index >= 15 is 0 Å². The molecule has 0 bridgehead atoms. The Morgan fingerprint density at radius 3 is 2.78 bits per heavy atom. The Bertz CT molecular complexity index is 1380. The maximum atomic E-state index is 13.0. The van der Waals surface area contributed by atoms with E-state index in [4.69, 9.17) is 9.15 Å². The summed E-state index contributed by atoms with van der Waals surface area (Å²) in [5, 5.41) is 11.8. The number of benzene rings is 2. The van der Waals surface area contributed by atoms with E-state index in [0.29, 0.717) is 49.4 Å². The number of rotatable bonds is 6. The average molecular weight is 504 g/mol. The molecule has 6 nitrogen and oxygen atoms in total. The Kier molecular flexibility index (Phi) is 7.13. The van der Waals surface area contributed by atoms with E-state index in [1.807, 2.05) is 43.0 Å². The number of nitrogens with zero attached hydrogens (tertiary/aromatic N) is 1. The van der Waals surface area contributed by atoms with E-state index in [9.17, 15) is 14.7 Å². The molecule has 196 valence electrons. The van der Waals surface area contributed by atoms with Crippen LogP contribution < -0.4 is 10.4 Å². The largest absolute Gasteiger partial charge is 0.488 e. The predicted molar refractivity (Wildman–Crippen MR) is 144 cm³/mol. The van der Waals surface area contributed by atoms with Crippen LogP contribution in [-0.4, -0.2) is 34.6 Å². The molecule has 2 heterocycles. The summed E-state index contributed by atoms with van der Waals surface area (Å²) >= 11 is 0. The van der Waals surface area contributed by atoms with Crippen molar-refractivity contribution in [3.63, 3.8) is 0 Å². The standard InChI is InChI=1S/C31H37NO5/c1-20-7-6-8-23(17-20)19-36-27-12-10-25-21(2)26(30(34)37-29(25)22(27)3)11-13-28(33)32-16-15-31(35)14-5-4-9-24(31)18-32/h6-8,10,12,17,24,35H,4-5,9,11,13-16,18-19H2,1-3H3/t24-,31+/m0/s1. The van der Waals surface area contributed by atoms with Gasteiger partial charge in [-0.15, -0.1) is 0 Å². The van der Waals surface area contributed by atoms with Gasteiger partial charge in [0.05, 0.1) is 5.60 Å². The van der Waals surface area contributed by atoms with Crippen molar-refractivity contribution in [3.05, 3.63) is 74.6 Å². The summed E-state index contributed by atoms with van der Waals surface area (Å²) in [6.07, 6.45) is 5.26. The maximum Gasteiger partial charge on any atom is 0.339 e. The van der Waals surface area contributed by atoms with Gasteiger partial charge in [-0.25, -0.2) is 4.79 Å². The fourth-order valence-electron chi connectivity index (χ4n) is 6.17. The Hall–Kier alpha value is -3.12. The highest BCUT2D eigenvalue weighted by Crippen LogP contribution is 2.40. The first kappa shape index (κ1) is 25.5. The second-order valence-electron chi connectivity index (χ2n) is 11.0. The molecule has 0 radical (unpaired) electrons. The van der Waals surface area contributed by atoms with Crippen molar-refractivity contribution in [1.29, 1.82) is 0 Å². The molecule has 0 unspecified atom stereocenters. The second kappa shape index (κ2) is 10.3. The number of piperidine rings is 1.